The van der Waals surface area contributed by atoms with Gasteiger partial charge in [-0.2, -0.15) is 9.67 Å². The quantitative estimate of drug-likeness (QED) is 0.451. The summed E-state index contributed by atoms with van der Waals surface area (Å²) in [4.78, 5) is 20.1. The first-order valence-electron chi connectivity index (χ1n) is 10.7. The Morgan fingerprint density at radius 1 is 1.00 bits per heavy atom. The molecule has 168 valence electrons. The Morgan fingerprint density at radius 2 is 1.70 bits per heavy atom. The van der Waals surface area contributed by atoms with Gasteiger partial charge in [0.1, 0.15) is 5.75 Å². The highest BCUT2D eigenvalue weighted by molar-refractivity contribution is 5.99. The first-order chi connectivity index (χ1) is 16.0. The van der Waals surface area contributed by atoms with Gasteiger partial charge in [-0.05, 0) is 36.8 Å². The van der Waals surface area contributed by atoms with Crippen molar-refractivity contribution >= 4 is 17.5 Å². The van der Waals surface area contributed by atoms with Gasteiger partial charge in [-0.3, -0.25) is 4.79 Å². The molecule has 0 atom stereocenters. The van der Waals surface area contributed by atoms with Crippen LogP contribution in [0.3, 0.4) is 0 Å². The van der Waals surface area contributed by atoms with Gasteiger partial charge in [-0.25, -0.2) is 0 Å². The van der Waals surface area contributed by atoms with E-state index in [1.54, 1.807) is 25.3 Å². The van der Waals surface area contributed by atoms with Gasteiger partial charge in [-0.1, -0.05) is 54.1 Å². The topological polar surface area (TPSA) is 72.3 Å². The van der Waals surface area contributed by atoms with E-state index in [9.17, 15) is 4.79 Å². The van der Waals surface area contributed by atoms with Crippen LogP contribution in [-0.2, 0) is 6.54 Å². The normalized spacial score (nSPS) is 10.7. The number of rotatable bonds is 7. The minimum atomic E-state index is -0.316. The Morgan fingerprint density at radius 3 is 2.36 bits per heavy atom. The molecule has 3 aromatic carbocycles. The second-order valence-corrected chi connectivity index (χ2v) is 7.96. The van der Waals surface area contributed by atoms with Crippen molar-refractivity contribution in [2.24, 2.45) is 0 Å². The molecule has 0 bridgehead atoms. The molecule has 1 N–H and O–H groups in total. The number of anilines is 2. The highest BCUT2D eigenvalue weighted by atomic mass is 16.5. The minimum Gasteiger partial charge on any atom is -0.496 e. The molecule has 1 heterocycles. The third kappa shape index (κ3) is 4.87. The van der Waals surface area contributed by atoms with Crippen molar-refractivity contribution in [3.05, 3.63) is 89.5 Å². The number of methoxy groups -OCH3 is 1. The van der Waals surface area contributed by atoms with E-state index in [-0.39, 0.29) is 5.91 Å². The number of hydrogen-bond acceptors (Lipinski definition) is 6. The lowest BCUT2D eigenvalue weighted by Gasteiger charge is -2.13. The fraction of sp³-hybridized carbons (Fsp3) is 0.192. The fourth-order valence-corrected chi connectivity index (χ4v) is 3.42. The van der Waals surface area contributed by atoms with Crippen molar-refractivity contribution in [2.75, 3.05) is 31.4 Å². The van der Waals surface area contributed by atoms with Crippen molar-refractivity contribution in [3.63, 3.8) is 0 Å². The number of aryl methyl sites for hydroxylation is 1. The second kappa shape index (κ2) is 9.56. The molecule has 0 saturated heterocycles. The summed E-state index contributed by atoms with van der Waals surface area (Å²) in [5, 5.41) is 7.82. The summed E-state index contributed by atoms with van der Waals surface area (Å²) in [6.45, 7) is 2.52. The van der Waals surface area contributed by atoms with E-state index >= 15 is 0 Å². The zero-order chi connectivity index (χ0) is 23.4. The monoisotopic (exact) mass is 441 g/mol. The maximum absolute atomic E-state index is 13.4. The van der Waals surface area contributed by atoms with Crippen LogP contribution >= 0.6 is 0 Å². The molecule has 4 aromatic rings. The van der Waals surface area contributed by atoms with Gasteiger partial charge in [0.2, 0.25) is 5.95 Å². The van der Waals surface area contributed by atoms with E-state index in [1.165, 1.54) is 4.68 Å². The summed E-state index contributed by atoms with van der Waals surface area (Å²) in [7, 11) is 5.55. The number of hydrogen-bond donors (Lipinski definition) is 1. The summed E-state index contributed by atoms with van der Waals surface area (Å²) in [5.41, 5.74) is 4.58. The molecule has 7 nitrogen and oxygen atoms in total. The third-order valence-corrected chi connectivity index (χ3v) is 5.35. The molecule has 0 unspecified atom stereocenters. The lowest BCUT2D eigenvalue weighted by atomic mass is 10.1. The van der Waals surface area contributed by atoms with E-state index in [1.807, 2.05) is 68.4 Å². The Labute approximate surface area is 193 Å². The van der Waals surface area contributed by atoms with Crippen LogP contribution in [0.15, 0.2) is 72.8 Å². The summed E-state index contributed by atoms with van der Waals surface area (Å²) >= 11 is 0. The summed E-state index contributed by atoms with van der Waals surface area (Å²) in [6.07, 6.45) is 0. The van der Waals surface area contributed by atoms with Crippen LogP contribution in [-0.4, -0.2) is 41.9 Å². The fourth-order valence-electron chi connectivity index (χ4n) is 3.42. The van der Waals surface area contributed by atoms with Gasteiger partial charge in [0.05, 0.1) is 12.7 Å². The summed E-state index contributed by atoms with van der Waals surface area (Å²) in [6, 6.07) is 23.2. The maximum Gasteiger partial charge on any atom is 0.285 e. The second-order valence-electron chi connectivity index (χ2n) is 7.96. The van der Waals surface area contributed by atoms with Crippen molar-refractivity contribution in [1.29, 1.82) is 0 Å². The molecular formula is C26H27N5O2. The van der Waals surface area contributed by atoms with Crippen LogP contribution in [0.5, 0.6) is 5.75 Å². The van der Waals surface area contributed by atoms with Gasteiger partial charge >= 0.3 is 0 Å². The molecule has 1 aromatic heterocycles. The van der Waals surface area contributed by atoms with Crippen LogP contribution < -0.4 is 15.0 Å². The van der Waals surface area contributed by atoms with E-state index < -0.39 is 0 Å². The molecule has 0 aliphatic heterocycles. The standard InChI is InChI=1S/C26H27N5O2/c1-18-9-13-20(14-10-18)24-28-26(27-17-19-11-15-21(16-12-19)30(2)3)31(29-24)25(32)22-7-5-6-8-23(22)33-4/h5-16H,17H2,1-4H3,(H,27,28,29). The van der Waals surface area contributed by atoms with Gasteiger partial charge in [0.25, 0.3) is 5.91 Å². The molecule has 0 saturated carbocycles. The van der Waals surface area contributed by atoms with Gasteiger partial charge in [0.15, 0.2) is 5.82 Å². The predicted octanol–water partition coefficient (Wildman–Crippen LogP) is 4.63. The molecule has 0 amide bonds. The highest BCUT2D eigenvalue weighted by Gasteiger charge is 2.21. The average molecular weight is 442 g/mol. The number of aromatic nitrogens is 3. The summed E-state index contributed by atoms with van der Waals surface area (Å²) < 4.78 is 6.69. The maximum atomic E-state index is 13.4. The molecule has 0 aliphatic rings. The average Bonchev–Trinajstić information content (AvgIpc) is 3.27. The van der Waals surface area contributed by atoms with Crippen molar-refractivity contribution < 1.29 is 9.53 Å². The van der Waals surface area contributed by atoms with Gasteiger partial charge < -0.3 is 15.0 Å². The number of ether oxygens (including phenoxy) is 1. The molecule has 33 heavy (non-hydrogen) atoms. The Bertz CT molecular complexity index is 1240. The highest BCUT2D eigenvalue weighted by Crippen LogP contribution is 2.23. The van der Waals surface area contributed by atoms with Gasteiger partial charge in [0, 0.05) is 31.9 Å². The van der Waals surface area contributed by atoms with Crippen LogP contribution in [0.25, 0.3) is 11.4 Å². The molecule has 4 rings (SSSR count). The van der Waals surface area contributed by atoms with E-state index in [2.05, 4.69) is 27.5 Å². The minimum absolute atomic E-state index is 0.316. The lowest BCUT2D eigenvalue weighted by Crippen LogP contribution is -2.18. The van der Waals surface area contributed by atoms with Gasteiger partial charge in [-0.15, -0.1) is 5.10 Å². The predicted molar refractivity (Wildman–Crippen MR) is 131 cm³/mol. The number of carbonyl (C=O) groups excluding carboxylic acids is 1. The first kappa shape index (κ1) is 22.1. The Kier molecular flexibility index (Phi) is 6.40. The van der Waals surface area contributed by atoms with Crippen LogP contribution in [0.1, 0.15) is 21.5 Å². The van der Waals surface area contributed by atoms with Crippen molar-refractivity contribution in [3.8, 4) is 17.1 Å². The van der Waals surface area contributed by atoms with Crippen LogP contribution in [0, 0.1) is 6.92 Å². The lowest BCUT2D eigenvalue weighted by molar-refractivity contribution is 0.0944. The number of carbonyl (C=O) groups is 1. The molecule has 0 spiro atoms. The molecule has 0 aliphatic carbocycles. The number of nitrogens with zero attached hydrogens (tertiary/aromatic N) is 4. The number of para-hydroxylation sites is 1. The molecular weight excluding hydrogens is 414 g/mol. The smallest absolute Gasteiger partial charge is 0.285 e. The molecule has 0 fully saturated rings. The SMILES string of the molecule is COc1ccccc1C(=O)n1nc(-c2ccc(C)cc2)nc1NCc1ccc(N(C)C)cc1. The number of nitrogens with one attached hydrogen (secondary N) is 1. The van der Waals surface area contributed by atoms with Crippen LogP contribution in [0.2, 0.25) is 0 Å². The zero-order valence-electron chi connectivity index (χ0n) is 19.2. The Balaban J connectivity index is 1.67. The van der Waals surface area contributed by atoms with Crippen molar-refractivity contribution in [2.45, 2.75) is 13.5 Å². The third-order valence-electron chi connectivity index (χ3n) is 5.35. The largest absolute Gasteiger partial charge is 0.496 e. The summed E-state index contributed by atoms with van der Waals surface area (Å²) in [5.74, 6) is 1.02. The van der Waals surface area contributed by atoms with E-state index in [0.717, 1.165) is 22.4 Å². The first-order valence-corrected chi connectivity index (χ1v) is 10.7. The Hall–Kier alpha value is -4.13. The van der Waals surface area contributed by atoms with E-state index in [0.29, 0.717) is 29.6 Å². The molecule has 0 radical (unpaired) electrons. The van der Waals surface area contributed by atoms with Crippen LogP contribution in [0.4, 0.5) is 11.6 Å². The molecule has 7 heteroatoms. The number of benzene rings is 3. The van der Waals surface area contributed by atoms with Crippen molar-refractivity contribution in [1.82, 2.24) is 14.8 Å². The van der Waals surface area contributed by atoms with E-state index in [4.69, 9.17) is 4.74 Å². The zero-order valence-corrected chi connectivity index (χ0v) is 19.2.